The highest BCUT2D eigenvalue weighted by molar-refractivity contribution is 5.31. The lowest BCUT2D eigenvalue weighted by Gasteiger charge is -2.19. The number of hydrogen-bond donors (Lipinski definition) is 1. The topological polar surface area (TPSA) is 64.4 Å². The standard InChI is InChI=1S/C18H24N2O3/c1-13-5-10-17(22)20(19-13)11-15(21)12-23-16-8-6-14(7-9-16)18(2,3)4/h5-10,15,21H,11-12H2,1-4H3. The monoisotopic (exact) mass is 316 g/mol. The molecule has 2 aromatic rings. The highest BCUT2D eigenvalue weighted by atomic mass is 16.5. The molecule has 124 valence electrons. The molecule has 0 fully saturated rings. The smallest absolute Gasteiger partial charge is 0.266 e. The fourth-order valence-electron chi connectivity index (χ4n) is 2.18. The van der Waals surface area contributed by atoms with Gasteiger partial charge in [0, 0.05) is 6.07 Å². The van der Waals surface area contributed by atoms with Crippen LogP contribution >= 0.6 is 0 Å². The van der Waals surface area contributed by atoms with E-state index in [4.69, 9.17) is 4.74 Å². The molecule has 0 amide bonds. The summed E-state index contributed by atoms with van der Waals surface area (Å²) in [7, 11) is 0. The lowest BCUT2D eigenvalue weighted by Crippen LogP contribution is -2.31. The molecule has 0 bridgehead atoms. The normalized spacial score (nSPS) is 12.9. The van der Waals surface area contributed by atoms with Crippen molar-refractivity contribution in [2.75, 3.05) is 6.61 Å². The van der Waals surface area contributed by atoms with Crippen molar-refractivity contribution in [3.05, 3.63) is 58.0 Å². The van der Waals surface area contributed by atoms with Crippen LogP contribution in [0.1, 0.15) is 32.0 Å². The molecular formula is C18H24N2O3. The van der Waals surface area contributed by atoms with E-state index in [1.165, 1.54) is 16.3 Å². The second-order valence-corrected chi connectivity index (χ2v) is 6.73. The van der Waals surface area contributed by atoms with Crippen molar-refractivity contribution in [2.24, 2.45) is 0 Å². The summed E-state index contributed by atoms with van der Waals surface area (Å²) in [6.45, 7) is 8.48. The zero-order valence-corrected chi connectivity index (χ0v) is 14.1. The van der Waals surface area contributed by atoms with Gasteiger partial charge >= 0.3 is 0 Å². The minimum absolute atomic E-state index is 0.0933. The van der Waals surface area contributed by atoms with Crippen molar-refractivity contribution in [1.29, 1.82) is 0 Å². The maximum atomic E-state index is 11.7. The van der Waals surface area contributed by atoms with Crippen molar-refractivity contribution in [2.45, 2.75) is 45.8 Å². The van der Waals surface area contributed by atoms with Gasteiger partial charge in [0.25, 0.3) is 5.56 Å². The van der Waals surface area contributed by atoms with E-state index >= 15 is 0 Å². The van der Waals surface area contributed by atoms with Gasteiger partial charge in [-0.2, -0.15) is 5.10 Å². The second kappa shape index (κ2) is 6.96. The van der Waals surface area contributed by atoms with E-state index in [-0.39, 0.29) is 24.1 Å². The number of aliphatic hydroxyl groups excluding tert-OH is 1. The zero-order chi connectivity index (χ0) is 17.0. The van der Waals surface area contributed by atoms with Gasteiger partial charge < -0.3 is 9.84 Å². The molecule has 1 aromatic carbocycles. The fraction of sp³-hybridized carbons (Fsp3) is 0.444. The van der Waals surface area contributed by atoms with Crippen molar-refractivity contribution in [1.82, 2.24) is 9.78 Å². The Hall–Kier alpha value is -2.14. The van der Waals surface area contributed by atoms with Crippen LogP contribution in [0, 0.1) is 6.92 Å². The number of rotatable bonds is 5. The van der Waals surface area contributed by atoms with Crippen LogP contribution in [0.25, 0.3) is 0 Å². The molecule has 0 saturated carbocycles. The number of nitrogens with zero attached hydrogens (tertiary/aromatic N) is 2. The molecule has 0 aliphatic heterocycles. The first-order valence-electron chi connectivity index (χ1n) is 7.72. The van der Waals surface area contributed by atoms with Gasteiger partial charge in [-0.05, 0) is 36.1 Å². The maximum Gasteiger partial charge on any atom is 0.266 e. The predicted octanol–water partition coefficient (Wildman–Crippen LogP) is 2.29. The molecule has 23 heavy (non-hydrogen) atoms. The average Bonchev–Trinajstić information content (AvgIpc) is 2.48. The molecule has 0 aliphatic rings. The lowest BCUT2D eigenvalue weighted by atomic mass is 9.87. The SMILES string of the molecule is Cc1ccc(=O)n(CC(O)COc2ccc(C(C)(C)C)cc2)n1. The number of aromatic nitrogens is 2. The molecule has 1 heterocycles. The van der Waals surface area contributed by atoms with Crippen LogP contribution < -0.4 is 10.3 Å². The fourth-order valence-corrected chi connectivity index (χ4v) is 2.18. The van der Waals surface area contributed by atoms with E-state index in [0.717, 1.165) is 5.69 Å². The van der Waals surface area contributed by atoms with Crippen molar-refractivity contribution < 1.29 is 9.84 Å². The molecule has 0 saturated heterocycles. The Bertz CT molecular complexity index is 699. The predicted molar refractivity (Wildman–Crippen MR) is 89.9 cm³/mol. The number of aliphatic hydroxyl groups is 1. The third-order valence-electron chi connectivity index (χ3n) is 3.55. The van der Waals surface area contributed by atoms with Crippen LogP contribution in [0.5, 0.6) is 5.75 Å². The molecule has 5 heteroatoms. The van der Waals surface area contributed by atoms with Crippen LogP contribution in [0.15, 0.2) is 41.2 Å². The van der Waals surface area contributed by atoms with Crippen molar-refractivity contribution in [3.63, 3.8) is 0 Å². The second-order valence-electron chi connectivity index (χ2n) is 6.73. The first-order chi connectivity index (χ1) is 10.8. The van der Waals surface area contributed by atoms with Crippen LogP contribution in [0.2, 0.25) is 0 Å². The third kappa shape index (κ3) is 4.93. The minimum Gasteiger partial charge on any atom is -0.491 e. The molecule has 5 nitrogen and oxygen atoms in total. The highest BCUT2D eigenvalue weighted by Gasteiger charge is 2.13. The summed E-state index contributed by atoms with van der Waals surface area (Å²) >= 11 is 0. The lowest BCUT2D eigenvalue weighted by molar-refractivity contribution is 0.0878. The molecule has 1 unspecified atom stereocenters. The molecule has 2 rings (SSSR count). The van der Waals surface area contributed by atoms with Gasteiger partial charge in [-0.25, -0.2) is 4.68 Å². The Morgan fingerprint density at radius 3 is 2.43 bits per heavy atom. The molecule has 1 N–H and O–H groups in total. The highest BCUT2D eigenvalue weighted by Crippen LogP contribution is 2.24. The molecule has 0 radical (unpaired) electrons. The molecule has 0 spiro atoms. The van der Waals surface area contributed by atoms with Gasteiger partial charge in [0.05, 0.1) is 12.2 Å². The van der Waals surface area contributed by atoms with Gasteiger partial charge in [-0.3, -0.25) is 4.79 Å². The van der Waals surface area contributed by atoms with E-state index in [9.17, 15) is 9.90 Å². The quantitative estimate of drug-likeness (QED) is 0.919. The summed E-state index contributed by atoms with van der Waals surface area (Å²) < 4.78 is 6.84. The van der Waals surface area contributed by atoms with Gasteiger partial charge in [-0.15, -0.1) is 0 Å². The number of hydrogen-bond acceptors (Lipinski definition) is 4. The Kier molecular flexibility index (Phi) is 5.21. The maximum absolute atomic E-state index is 11.7. The summed E-state index contributed by atoms with van der Waals surface area (Å²) in [6, 6.07) is 10.9. The zero-order valence-electron chi connectivity index (χ0n) is 14.1. The van der Waals surface area contributed by atoms with Gasteiger partial charge in [-0.1, -0.05) is 32.9 Å². The summed E-state index contributed by atoms with van der Waals surface area (Å²) in [6.07, 6.45) is -0.802. The van der Waals surface area contributed by atoms with E-state index in [0.29, 0.717) is 5.75 Å². The first kappa shape index (κ1) is 17.2. The third-order valence-corrected chi connectivity index (χ3v) is 3.55. The Morgan fingerprint density at radius 2 is 1.83 bits per heavy atom. The average molecular weight is 316 g/mol. The van der Waals surface area contributed by atoms with Crippen LogP contribution in [0.3, 0.4) is 0 Å². The van der Waals surface area contributed by atoms with Crippen molar-refractivity contribution >= 4 is 0 Å². The molecule has 0 aliphatic carbocycles. The summed E-state index contributed by atoms with van der Waals surface area (Å²) in [4.78, 5) is 11.7. The summed E-state index contributed by atoms with van der Waals surface area (Å²) in [5, 5.41) is 14.1. The first-order valence-corrected chi connectivity index (χ1v) is 7.72. The molecule has 1 atom stereocenters. The van der Waals surface area contributed by atoms with Crippen LogP contribution in [0.4, 0.5) is 0 Å². The Balaban J connectivity index is 1.93. The Morgan fingerprint density at radius 1 is 1.17 bits per heavy atom. The number of aryl methyl sites for hydroxylation is 1. The minimum atomic E-state index is -0.802. The van der Waals surface area contributed by atoms with Crippen molar-refractivity contribution in [3.8, 4) is 5.75 Å². The van der Waals surface area contributed by atoms with E-state index in [1.807, 2.05) is 24.3 Å². The van der Waals surface area contributed by atoms with E-state index < -0.39 is 6.10 Å². The largest absolute Gasteiger partial charge is 0.491 e. The number of benzene rings is 1. The summed E-state index contributed by atoms with van der Waals surface area (Å²) in [5.41, 5.74) is 1.82. The Labute approximate surface area is 136 Å². The van der Waals surface area contributed by atoms with Crippen LogP contribution in [-0.4, -0.2) is 27.6 Å². The molecular weight excluding hydrogens is 292 g/mol. The van der Waals surface area contributed by atoms with Gasteiger partial charge in [0.15, 0.2) is 0 Å². The van der Waals surface area contributed by atoms with E-state index in [1.54, 1.807) is 13.0 Å². The summed E-state index contributed by atoms with van der Waals surface area (Å²) in [5.74, 6) is 0.696. The number of ether oxygens (including phenoxy) is 1. The van der Waals surface area contributed by atoms with E-state index in [2.05, 4.69) is 25.9 Å². The van der Waals surface area contributed by atoms with Crippen LogP contribution in [-0.2, 0) is 12.0 Å². The van der Waals surface area contributed by atoms with Gasteiger partial charge in [0.2, 0.25) is 0 Å². The van der Waals surface area contributed by atoms with Gasteiger partial charge in [0.1, 0.15) is 18.5 Å². The molecule has 1 aromatic heterocycles.